The molecule has 1 aliphatic heterocycles. The molecule has 1 N–H and O–H groups in total. The van der Waals surface area contributed by atoms with E-state index in [-0.39, 0.29) is 0 Å². The van der Waals surface area contributed by atoms with Crippen molar-refractivity contribution in [2.45, 2.75) is 24.5 Å². The highest BCUT2D eigenvalue weighted by atomic mass is 32.2. The van der Waals surface area contributed by atoms with E-state index in [1.807, 2.05) is 72.8 Å². The number of nitrogens with one attached hydrogen (secondary N) is 1. The predicted molar refractivity (Wildman–Crippen MR) is 135 cm³/mol. The van der Waals surface area contributed by atoms with Crippen LogP contribution < -0.4 is 5.32 Å². The largest absolute Gasteiger partial charge is 0.379 e. The van der Waals surface area contributed by atoms with Crippen LogP contribution in [0.1, 0.15) is 16.7 Å². The van der Waals surface area contributed by atoms with E-state index in [1.165, 1.54) is 0 Å². The molecule has 0 spiro atoms. The number of nitrogens with zero attached hydrogens (tertiary/aromatic N) is 2. The Morgan fingerprint density at radius 1 is 0.765 bits per heavy atom. The van der Waals surface area contributed by atoms with E-state index in [1.54, 1.807) is 16.4 Å². The lowest BCUT2D eigenvalue weighted by atomic mass is 10.2. The quantitative estimate of drug-likeness (QED) is 0.427. The molecule has 34 heavy (non-hydrogen) atoms. The first-order valence-electron chi connectivity index (χ1n) is 11.8. The predicted octanol–water partition coefficient (Wildman–Crippen LogP) is 3.50. The van der Waals surface area contributed by atoms with Gasteiger partial charge in [0.25, 0.3) is 0 Å². The summed E-state index contributed by atoms with van der Waals surface area (Å²) in [5.74, 6) is 0. The summed E-state index contributed by atoms with van der Waals surface area (Å²) in [4.78, 5) is 2.71. The van der Waals surface area contributed by atoms with Crippen molar-refractivity contribution >= 4 is 10.0 Å². The van der Waals surface area contributed by atoms with Crippen molar-refractivity contribution in [2.24, 2.45) is 0 Å². The first-order valence-corrected chi connectivity index (χ1v) is 13.2. The number of ether oxygens (including phenoxy) is 1. The van der Waals surface area contributed by atoms with E-state index < -0.39 is 10.0 Å². The normalized spacial score (nSPS) is 15.0. The van der Waals surface area contributed by atoms with Crippen molar-refractivity contribution in [3.63, 3.8) is 0 Å². The molecule has 6 nitrogen and oxygen atoms in total. The van der Waals surface area contributed by atoms with Crippen molar-refractivity contribution in [2.75, 3.05) is 39.4 Å². The van der Waals surface area contributed by atoms with E-state index >= 15 is 0 Å². The number of benzene rings is 3. The number of sulfonamides is 1. The van der Waals surface area contributed by atoms with Gasteiger partial charge < -0.3 is 10.1 Å². The molecule has 3 aromatic carbocycles. The number of hydrogen-bond donors (Lipinski definition) is 1. The van der Waals surface area contributed by atoms with Gasteiger partial charge in [-0.3, -0.25) is 4.90 Å². The topological polar surface area (TPSA) is 61.9 Å². The second-order valence-corrected chi connectivity index (χ2v) is 10.5. The molecule has 0 aromatic heterocycles. The third-order valence-electron chi connectivity index (χ3n) is 6.00. The van der Waals surface area contributed by atoms with Gasteiger partial charge in [-0.25, -0.2) is 8.42 Å². The molecular weight excluding hydrogens is 446 g/mol. The van der Waals surface area contributed by atoms with Crippen molar-refractivity contribution in [1.29, 1.82) is 0 Å². The van der Waals surface area contributed by atoms with Crippen molar-refractivity contribution in [3.8, 4) is 0 Å². The molecule has 1 fully saturated rings. The summed E-state index contributed by atoms with van der Waals surface area (Å²) >= 11 is 0. The van der Waals surface area contributed by atoms with Crippen LogP contribution in [0.25, 0.3) is 0 Å². The zero-order chi connectivity index (χ0) is 23.6. The Bertz CT molecular complexity index is 1060. The standard InChI is InChI=1S/C27H33N3O3S/c31-34(32,30(22-25-7-3-1-4-8-25)23-26-9-5-2-6-10-26)27-13-11-24(12-14-27)21-28-15-16-29-17-19-33-20-18-29/h1-14,28H,15-23H2. The van der Waals surface area contributed by atoms with Gasteiger partial charge >= 0.3 is 0 Å². The van der Waals surface area contributed by atoms with Gasteiger partial charge in [-0.1, -0.05) is 72.8 Å². The summed E-state index contributed by atoms with van der Waals surface area (Å²) in [5.41, 5.74) is 2.99. The molecule has 0 aliphatic carbocycles. The second kappa shape index (κ2) is 12.2. The van der Waals surface area contributed by atoms with Crippen LogP contribution in [0.3, 0.4) is 0 Å². The van der Waals surface area contributed by atoms with Gasteiger partial charge in [0.05, 0.1) is 18.1 Å². The Balaban J connectivity index is 1.40. The van der Waals surface area contributed by atoms with E-state index in [4.69, 9.17) is 4.74 Å². The molecule has 0 radical (unpaired) electrons. The average molecular weight is 480 g/mol. The molecule has 3 aromatic rings. The summed E-state index contributed by atoms with van der Waals surface area (Å²) in [6.07, 6.45) is 0. The van der Waals surface area contributed by atoms with Crippen LogP contribution in [0.4, 0.5) is 0 Å². The van der Waals surface area contributed by atoms with E-state index in [0.717, 1.165) is 56.1 Å². The molecule has 0 atom stereocenters. The molecular formula is C27H33N3O3S. The summed E-state index contributed by atoms with van der Waals surface area (Å²) in [6, 6.07) is 26.7. The summed E-state index contributed by atoms with van der Waals surface area (Å²) in [7, 11) is -3.66. The maximum absolute atomic E-state index is 13.6. The Hall–Kier alpha value is -2.55. The fraction of sp³-hybridized carbons (Fsp3) is 0.333. The van der Waals surface area contributed by atoms with Gasteiger partial charge in [0.15, 0.2) is 0 Å². The van der Waals surface area contributed by atoms with Crippen LogP contribution in [0.15, 0.2) is 89.8 Å². The van der Waals surface area contributed by atoms with Gasteiger partial charge in [0.1, 0.15) is 0 Å². The first kappa shape index (κ1) is 24.6. The third kappa shape index (κ3) is 6.98. The Morgan fingerprint density at radius 2 is 1.32 bits per heavy atom. The third-order valence-corrected chi connectivity index (χ3v) is 7.81. The molecule has 0 saturated carbocycles. The molecule has 1 saturated heterocycles. The highest BCUT2D eigenvalue weighted by Crippen LogP contribution is 2.22. The van der Waals surface area contributed by atoms with Gasteiger partial charge in [-0.2, -0.15) is 4.31 Å². The van der Waals surface area contributed by atoms with Crippen LogP contribution >= 0.6 is 0 Å². The highest BCUT2D eigenvalue weighted by molar-refractivity contribution is 7.89. The van der Waals surface area contributed by atoms with Gasteiger partial charge in [-0.05, 0) is 28.8 Å². The number of morpholine rings is 1. The van der Waals surface area contributed by atoms with Crippen molar-refractivity contribution < 1.29 is 13.2 Å². The Kier molecular flexibility index (Phi) is 8.85. The Morgan fingerprint density at radius 3 is 1.88 bits per heavy atom. The van der Waals surface area contributed by atoms with Gasteiger partial charge in [0.2, 0.25) is 10.0 Å². The first-order chi connectivity index (χ1) is 16.6. The monoisotopic (exact) mass is 479 g/mol. The molecule has 180 valence electrons. The lowest BCUT2D eigenvalue weighted by Gasteiger charge is -2.26. The maximum Gasteiger partial charge on any atom is 0.243 e. The number of hydrogen-bond acceptors (Lipinski definition) is 5. The fourth-order valence-electron chi connectivity index (χ4n) is 4.02. The van der Waals surface area contributed by atoms with Crippen LogP contribution in [0.2, 0.25) is 0 Å². The highest BCUT2D eigenvalue weighted by Gasteiger charge is 2.25. The van der Waals surface area contributed by atoms with Crippen molar-refractivity contribution in [1.82, 2.24) is 14.5 Å². The van der Waals surface area contributed by atoms with Crippen molar-refractivity contribution in [3.05, 3.63) is 102 Å². The fourth-order valence-corrected chi connectivity index (χ4v) is 5.44. The lowest BCUT2D eigenvalue weighted by Crippen LogP contribution is -2.40. The van der Waals surface area contributed by atoms with E-state index in [9.17, 15) is 8.42 Å². The molecule has 0 unspecified atom stereocenters. The van der Waals surface area contributed by atoms with Crippen LogP contribution in [0, 0.1) is 0 Å². The molecule has 0 bridgehead atoms. The molecule has 4 rings (SSSR count). The zero-order valence-electron chi connectivity index (χ0n) is 19.5. The summed E-state index contributed by atoms with van der Waals surface area (Å²) < 4.78 is 34.1. The number of rotatable bonds is 11. The summed E-state index contributed by atoms with van der Waals surface area (Å²) in [6.45, 7) is 6.82. The minimum absolute atomic E-state index is 0.316. The minimum Gasteiger partial charge on any atom is -0.379 e. The van der Waals surface area contributed by atoms with E-state index in [2.05, 4.69) is 10.2 Å². The van der Waals surface area contributed by atoms with Crippen LogP contribution in [0.5, 0.6) is 0 Å². The maximum atomic E-state index is 13.6. The molecule has 1 aliphatic rings. The average Bonchev–Trinajstić information content (AvgIpc) is 2.88. The lowest BCUT2D eigenvalue weighted by molar-refractivity contribution is 0.0384. The molecule has 1 heterocycles. The van der Waals surface area contributed by atoms with E-state index in [0.29, 0.717) is 24.5 Å². The van der Waals surface area contributed by atoms with Gasteiger partial charge in [-0.15, -0.1) is 0 Å². The Labute approximate surface area is 203 Å². The zero-order valence-corrected chi connectivity index (χ0v) is 20.3. The summed E-state index contributed by atoms with van der Waals surface area (Å²) in [5, 5.41) is 3.45. The smallest absolute Gasteiger partial charge is 0.243 e. The van der Waals surface area contributed by atoms with Crippen LogP contribution in [-0.4, -0.2) is 57.0 Å². The van der Waals surface area contributed by atoms with Crippen LogP contribution in [-0.2, 0) is 34.4 Å². The minimum atomic E-state index is -3.66. The molecule has 7 heteroatoms. The second-order valence-electron chi connectivity index (χ2n) is 8.52. The van der Waals surface area contributed by atoms with Gasteiger partial charge in [0, 0.05) is 45.8 Å². The SMILES string of the molecule is O=S(=O)(c1ccc(CNCCN2CCOCC2)cc1)N(Cc1ccccc1)Cc1ccccc1. The molecule has 0 amide bonds.